The third-order valence-corrected chi connectivity index (χ3v) is 4.58. The molecule has 2 rings (SSSR count). The first-order valence-corrected chi connectivity index (χ1v) is 8.65. The predicted molar refractivity (Wildman–Crippen MR) is 97.9 cm³/mol. The van der Waals surface area contributed by atoms with E-state index in [4.69, 9.17) is 5.11 Å². The van der Waals surface area contributed by atoms with Gasteiger partial charge in [-0.2, -0.15) is 0 Å². The molecule has 0 bridgehead atoms. The molecule has 3 N–H and O–H groups in total. The van der Waals surface area contributed by atoms with Gasteiger partial charge < -0.3 is 20.2 Å². The number of hydrogen-bond donors (Lipinski definition) is 3. The van der Waals surface area contributed by atoms with Crippen LogP contribution in [0, 0.1) is 5.92 Å². The Morgan fingerprint density at radius 2 is 1.80 bits per heavy atom. The fraction of sp³-hybridized carbons (Fsp3) is 0.450. The Morgan fingerprint density at radius 3 is 2.40 bits per heavy atom. The Hall–Kier alpha value is -1.79. The number of hydrogen-bond acceptors (Lipinski definition) is 5. The maximum absolute atomic E-state index is 10.5. The van der Waals surface area contributed by atoms with E-state index in [2.05, 4.69) is 9.88 Å². The number of benzene rings is 1. The molecular formula is C20H28N2O3. The van der Waals surface area contributed by atoms with E-state index in [9.17, 15) is 10.2 Å². The van der Waals surface area contributed by atoms with Gasteiger partial charge in [0.1, 0.15) is 0 Å². The van der Waals surface area contributed by atoms with Crippen molar-refractivity contribution in [1.82, 2.24) is 9.88 Å². The summed E-state index contributed by atoms with van der Waals surface area (Å²) < 4.78 is 0. The Labute approximate surface area is 149 Å². The average Bonchev–Trinajstić information content (AvgIpc) is 2.66. The standard InChI is InChI=1S/C20H28N2O3/c1-15(20(25)17-8-6-16(14-23)7-9-17)19(24)13-22(2)12-10-18-5-3-4-11-21-18/h3-9,11,15,19-20,23-25H,10,12-14H2,1-2H3/t15-,19+,20+/m1/s1. The fourth-order valence-corrected chi connectivity index (χ4v) is 2.76. The number of rotatable bonds is 9. The molecule has 3 atom stereocenters. The van der Waals surface area contributed by atoms with Crippen LogP contribution in [0.2, 0.25) is 0 Å². The molecule has 0 amide bonds. The van der Waals surface area contributed by atoms with Crippen LogP contribution in [0.15, 0.2) is 48.7 Å². The molecule has 2 aromatic rings. The van der Waals surface area contributed by atoms with Crippen molar-refractivity contribution >= 4 is 0 Å². The Balaban J connectivity index is 1.84. The van der Waals surface area contributed by atoms with Crippen LogP contribution < -0.4 is 0 Å². The van der Waals surface area contributed by atoms with Crippen molar-refractivity contribution in [3.05, 3.63) is 65.5 Å². The van der Waals surface area contributed by atoms with E-state index in [1.807, 2.05) is 32.2 Å². The van der Waals surface area contributed by atoms with E-state index < -0.39 is 12.2 Å². The SMILES string of the molecule is C[C@@H]([C@H](O)c1ccc(CO)cc1)[C@@H](O)CN(C)CCc1ccccn1. The maximum Gasteiger partial charge on any atom is 0.0840 e. The van der Waals surface area contributed by atoms with E-state index in [0.717, 1.165) is 29.8 Å². The number of aromatic nitrogens is 1. The monoisotopic (exact) mass is 344 g/mol. The normalized spacial score (nSPS) is 15.1. The molecule has 1 aromatic carbocycles. The van der Waals surface area contributed by atoms with Crippen molar-refractivity contribution in [3.8, 4) is 0 Å². The minimum Gasteiger partial charge on any atom is -0.392 e. The van der Waals surface area contributed by atoms with Crippen molar-refractivity contribution in [3.63, 3.8) is 0 Å². The van der Waals surface area contributed by atoms with Crippen LogP contribution in [0.4, 0.5) is 0 Å². The zero-order valence-electron chi connectivity index (χ0n) is 14.9. The van der Waals surface area contributed by atoms with Crippen LogP contribution in [0.3, 0.4) is 0 Å². The second-order valence-electron chi connectivity index (χ2n) is 6.60. The van der Waals surface area contributed by atoms with Crippen LogP contribution in [-0.4, -0.2) is 51.4 Å². The van der Waals surface area contributed by atoms with Gasteiger partial charge in [-0.05, 0) is 30.3 Å². The summed E-state index contributed by atoms with van der Waals surface area (Å²) >= 11 is 0. The molecule has 5 heteroatoms. The second-order valence-corrected chi connectivity index (χ2v) is 6.60. The summed E-state index contributed by atoms with van der Waals surface area (Å²) in [6.07, 6.45) is 1.22. The molecule has 1 aromatic heterocycles. The van der Waals surface area contributed by atoms with Gasteiger partial charge in [-0.15, -0.1) is 0 Å². The van der Waals surface area contributed by atoms with Crippen molar-refractivity contribution in [2.75, 3.05) is 20.1 Å². The molecular weight excluding hydrogens is 316 g/mol. The van der Waals surface area contributed by atoms with Gasteiger partial charge in [0.25, 0.3) is 0 Å². The van der Waals surface area contributed by atoms with E-state index in [0.29, 0.717) is 6.54 Å². The first kappa shape index (κ1) is 19.5. The van der Waals surface area contributed by atoms with Crippen molar-refractivity contribution < 1.29 is 15.3 Å². The van der Waals surface area contributed by atoms with E-state index in [1.165, 1.54) is 0 Å². The van der Waals surface area contributed by atoms with Crippen LogP contribution >= 0.6 is 0 Å². The highest BCUT2D eigenvalue weighted by atomic mass is 16.3. The summed E-state index contributed by atoms with van der Waals surface area (Å²) in [4.78, 5) is 6.35. The molecule has 0 saturated carbocycles. The molecule has 0 unspecified atom stereocenters. The van der Waals surface area contributed by atoms with Crippen LogP contribution in [-0.2, 0) is 13.0 Å². The smallest absolute Gasteiger partial charge is 0.0840 e. The first-order valence-electron chi connectivity index (χ1n) is 8.65. The summed E-state index contributed by atoms with van der Waals surface area (Å²) in [7, 11) is 1.96. The van der Waals surface area contributed by atoms with Gasteiger partial charge in [0.05, 0.1) is 18.8 Å². The highest BCUT2D eigenvalue weighted by Gasteiger charge is 2.24. The van der Waals surface area contributed by atoms with Crippen LogP contribution in [0.5, 0.6) is 0 Å². The summed E-state index contributed by atoms with van der Waals surface area (Å²) in [6, 6.07) is 13.0. The largest absolute Gasteiger partial charge is 0.392 e. The van der Waals surface area contributed by atoms with Gasteiger partial charge in [0, 0.05) is 37.3 Å². The van der Waals surface area contributed by atoms with Crippen LogP contribution in [0.1, 0.15) is 29.8 Å². The van der Waals surface area contributed by atoms with Gasteiger partial charge in [0.2, 0.25) is 0 Å². The Morgan fingerprint density at radius 1 is 1.08 bits per heavy atom. The van der Waals surface area contributed by atoms with Gasteiger partial charge in [-0.1, -0.05) is 37.3 Å². The van der Waals surface area contributed by atoms with Gasteiger partial charge in [-0.3, -0.25) is 4.98 Å². The minimum absolute atomic E-state index is 0.0182. The molecule has 0 aliphatic carbocycles. The molecule has 0 aliphatic heterocycles. The predicted octanol–water partition coefficient (Wildman–Crippen LogP) is 1.78. The quantitative estimate of drug-likeness (QED) is 0.646. The van der Waals surface area contributed by atoms with Gasteiger partial charge in [-0.25, -0.2) is 0 Å². The lowest BCUT2D eigenvalue weighted by atomic mass is 9.92. The molecule has 1 heterocycles. The fourth-order valence-electron chi connectivity index (χ4n) is 2.76. The third kappa shape index (κ3) is 5.90. The highest BCUT2D eigenvalue weighted by molar-refractivity contribution is 5.24. The van der Waals surface area contributed by atoms with Crippen molar-refractivity contribution in [1.29, 1.82) is 0 Å². The summed E-state index contributed by atoms with van der Waals surface area (Å²) in [5.74, 6) is -0.294. The number of aliphatic hydroxyl groups excluding tert-OH is 3. The molecule has 136 valence electrons. The number of nitrogens with zero attached hydrogens (tertiary/aromatic N) is 2. The molecule has 0 fully saturated rings. The molecule has 0 radical (unpaired) electrons. The molecule has 5 nitrogen and oxygen atoms in total. The number of likely N-dealkylation sites (N-methyl/N-ethyl adjacent to an activating group) is 1. The number of pyridine rings is 1. The molecule has 25 heavy (non-hydrogen) atoms. The van der Waals surface area contributed by atoms with Crippen molar-refractivity contribution in [2.45, 2.75) is 32.2 Å². The second kappa shape index (κ2) is 9.63. The maximum atomic E-state index is 10.5. The zero-order valence-corrected chi connectivity index (χ0v) is 14.9. The van der Waals surface area contributed by atoms with Gasteiger partial charge in [0.15, 0.2) is 0 Å². The van der Waals surface area contributed by atoms with E-state index in [1.54, 1.807) is 30.5 Å². The lowest BCUT2D eigenvalue weighted by Crippen LogP contribution is -2.36. The lowest BCUT2D eigenvalue weighted by Gasteiger charge is -2.28. The zero-order chi connectivity index (χ0) is 18.2. The Bertz CT molecular complexity index is 619. The minimum atomic E-state index is -0.744. The average molecular weight is 344 g/mol. The van der Waals surface area contributed by atoms with E-state index in [-0.39, 0.29) is 12.5 Å². The van der Waals surface area contributed by atoms with Gasteiger partial charge >= 0.3 is 0 Å². The van der Waals surface area contributed by atoms with E-state index >= 15 is 0 Å². The lowest BCUT2D eigenvalue weighted by molar-refractivity contribution is 0.00568. The van der Waals surface area contributed by atoms with Crippen LogP contribution in [0.25, 0.3) is 0 Å². The summed E-state index contributed by atoms with van der Waals surface area (Å²) in [5.41, 5.74) is 2.58. The van der Waals surface area contributed by atoms with Crippen molar-refractivity contribution in [2.24, 2.45) is 5.92 Å². The topological polar surface area (TPSA) is 76.8 Å². The first-order chi connectivity index (χ1) is 12.0. The molecule has 0 spiro atoms. The Kier molecular flexibility index (Phi) is 7.52. The summed E-state index contributed by atoms with van der Waals surface area (Å²) in [5, 5.41) is 30.0. The molecule has 0 saturated heterocycles. The molecule has 0 aliphatic rings. The summed E-state index contributed by atoms with van der Waals surface area (Å²) in [6.45, 7) is 3.11. The highest BCUT2D eigenvalue weighted by Crippen LogP contribution is 2.25. The third-order valence-electron chi connectivity index (χ3n) is 4.58. The number of aliphatic hydroxyl groups is 3.